The third-order valence-electron chi connectivity index (χ3n) is 2.66. The summed E-state index contributed by atoms with van der Waals surface area (Å²) in [5.74, 6) is -1.20. The third-order valence-corrected chi connectivity index (χ3v) is 2.66. The minimum absolute atomic E-state index is 0.265. The van der Waals surface area contributed by atoms with Gasteiger partial charge >= 0.3 is 5.97 Å². The van der Waals surface area contributed by atoms with E-state index in [2.05, 4.69) is 10.6 Å². The lowest BCUT2D eigenvalue weighted by atomic mass is 10.1. The molecule has 0 aliphatic carbocycles. The first-order valence-corrected chi connectivity index (χ1v) is 7.01. The molecule has 3 N–H and O–H groups in total. The highest BCUT2D eigenvalue weighted by atomic mass is 16.4. The van der Waals surface area contributed by atoms with E-state index in [0.717, 1.165) is 0 Å². The van der Waals surface area contributed by atoms with Gasteiger partial charge in [0.25, 0.3) is 0 Å². The van der Waals surface area contributed by atoms with E-state index in [1.54, 1.807) is 0 Å². The van der Waals surface area contributed by atoms with Crippen molar-refractivity contribution in [2.45, 2.75) is 53.0 Å². The van der Waals surface area contributed by atoms with Crippen LogP contribution in [0, 0.1) is 11.8 Å². The maximum absolute atomic E-state index is 11.9. The fourth-order valence-electron chi connectivity index (χ4n) is 1.50. The molecule has 0 radical (unpaired) electrons. The Bertz CT molecular complexity index is 340. The fourth-order valence-corrected chi connectivity index (χ4v) is 1.50. The molecule has 0 heterocycles. The molecular formula is C14H26N2O4. The average molecular weight is 286 g/mol. The lowest BCUT2D eigenvalue weighted by molar-refractivity contribution is -0.140. The smallest absolute Gasteiger partial charge is 0.305 e. The summed E-state index contributed by atoms with van der Waals surface area (Å²) in [5.41, 5.74) is 0. The standard InChI is InChI=1S/C14H26N2O4/c1-9(2)5-6-12(17)16-11(7-13(18)19)14(20)15-8-10(3)4/h9-11H,5-8H2,1-4H3,(H,15,20)(H,16,17)(H,18,19)/t11-/m0/s1. The zero-order valence-electron chi connectivity index (χ0n) is 12.7. The van der Waals surface area contributed by atoms with E-state index in [4.69, 9.17) is 5.11 Å². The van der Waals surface area contributed by atoms with E-state index in [9.17, 15) is 14.4 Å². The van der Waals surface area contributed by atoms with Gasteiger partial charge in [-0.25, -0.2) is 0 Å². The van der Waals surface area contributed by atoms with Gasteiger partial charge in [-0.2, -0.15) is 0 Å². The van der Waals surface area contributed by atoms with Crippen LogP contribution in [0.3, 0.4) is 0 Å². The molecule has 6 nitrogen and oxygen atoms in total. The zero-order valence-corrected chi connectivity index (χ0v) is 12.7. The van der Waals surface area contributed by atoms with Gasteiger partial charge in [-0.3, -0.25) is 14.4 Å². The molecule has 2 amide bonds. The van der Waals surface area contributed by atoms with Gasteiger partial charge < -0.3 is 15.7 Å². The van der Waals surface area contributed by atoms with Crippen LogP contribution in [-0.2, 0) is 14.4 Å². The molecule has 0 spiro atoms. The Morgan fingerprint density at radius 1 is 1.05 bits per heavy atom. The Morgan fingerprint density at radius 2 is 1.65 bits per heavy atom. The van der Waals surface area contributed by atoms with E-state index in [1.165, 1.54) is 0 Å². The number of carbonyl (C=O) groups is 3. The van der Waals surface area contributed by atoms with E-state index >= 15 is 0 Å². The minimum atomic E-state index is -1.11. The first-order valence-electron chi connectivity index (χ1n) is 7.01. The second-order valence-electron chi connectivity index (χ2n) is 5.79. The monoisotopic (exact) mass is 286 g/mol. The maximum Gasteiger partial charge on any atom is 0.305 e. The predicted molar refractivity (Wildman–Crippen MR) is 76.1 cm³/mol. The molecule has 0 rings (SSSR count). The van der Waals surface area contributed by atoms with E-state index < -0.39 is 24.3 Å². The first-order chi connectivity index (χ1) is 9.22. The highest BCUT2D eigenvalue weighted by molar-refractivity contribution is 5.90. The van der Waals surface area contributed by atoms with Crippen LogP contribution in [0.15, 0.2) is 0 Å². The lowest BCUT2D eigenvalue weighted by Crippen LogP contribution is -2.48. The molecule has 0 aromatic carbocycles. The number of amides is 2. The normalized spacial score (nSPS) is 12.3. The van der Waals surface area contributed by atoms with Gasteiger partial charge in [-0.1, -0.05) is 27.7 Å². The SMILES string of the molecule is CC(C)CCC(=O)N[C@@H](CC(=O)O)C(=O)NCC(C)C. The van der Waals surface area contributed by atoms with Gasteiger partial charge in [0.1, 0.15) is 6.04 Å². The topological polar surface area (TPSA) is 95.5 Å². The first kappa shape index (κ1) is 18.4. The summed E-state index contributed by atoms with van der Waals surface area (Å²) in [4.78, 5) is 34.3. The van der Waals surface area contributed by atoms with Gasteiger partial charge in [0, 0.05) is 13.0 Å². The molecule has 0 unspecified atom stereocenters. The number of rotatable bonds is 9. The van der Waals surface area contributed by atoms with Gasteiger partial charge in [0.15, 0.2) is 0 Å². The Morgan fingerprint density at radius 3 is 2.10 bits per heavy atom. The van der Waals surface area contributed by atoms with Crippen LogP contribution in [0.1, 0.15) is 47.0 Å². The van der Waals surface area contributed by atoms with Crippen molar-refractivity contribution in [1.82, 2.24) is 10.6 Å². The molecule has 0 aliphatic heterocycles. The van der Waals surface area contributed by atoms with Crippen LogP contribution >= 0.6 is 0 Å². The van der Waals surface area contributed by atoms with Crippen molar-refractivity contribution in [2.24, 2.45) is 11.8 Å². The number of aliphatic carboxylic acids is 1. The van der Waals surface area contributed by atoms with Crippen molar-refractivity contribution in [2.75, 3.05) is 6.54 Å². The van der Waals surface area contributed by atoms with E-state index in [0.29, 0.717) is 25.3 Å². The van der Waals surface area contributed by atoms with Crippen LogP contribution in [0.25, 0.3) is 0 Å². The summed E-state index contributed by atoms with van der Waals surface area (Å²) >= 11 is 0. The Kier molecular flexibility index (Phi) is 8.59. The molecule has 0 saturated carbocycles. The second kappa shape index (κ2) is 9.34. The Balaban J connectivity index is 4.43. The van der Waals surface area contributed by atoms with Crippen molar-refractivity contribution in [3.05, 3.63) is 0 Å². The van der Waals surface area contributed by atoms with Crippen molar-refractivity contribution >= 4 is 17.8 Å². The number of hydrogen-bond donors (Lipinski definition) is 3. The van der Waals surface area contributed by atoms with Crippen molar-refractivity contribution in [3.8, 4) is 0 Å². The quantitative estimate of drug-likeness (QED) is 0.592. The molecule has 0 bridgehead atoms. The maximum atomic E-state index is 11.9. The number of nitrogens with one attached hydrogen (secondary N) is 2. The Hall–Kier alpha value is -1.59. The summed E-state index contributed by atoms with van der Waals surface area (Å²) in [7, 11) is 0. The van der Waals surface area contributed by atoms with Crippen molar-refractivity contribution < 1.29 is 19.5 Å². The highest BCUT2D eigenvalue weighted by Crippen LogP contribution is 2.04. The van der Waals surface area contributed by atoms with Crippen LogP contribution in [0.2, 0.25) is 0 Å². The highest BCUT2D eigenvalue weighted by Gasteiger charge is 2.23. The summed E-state index contributed by atoms with van der Waals surface area (Å²) in [6.45, 7) is 8.33. The summed E-state index contributed by atoms with van der Waals surface area (Å²) in [5, 5.41) is 13.9. The molecule has 0 fully saturated rings. The largest absolute Gasteiger partial charge is 0.481 e. The van der Waals surface area contributed by atoms with E-state index in [-0.39, 0.29) is 11.8 Å². The van der Waals surface area contributed by atoms with Gasteiger partial charge in [0.2, 0.25) is 11.8 Å². The van der Waals surface area contributed by atoms with Gasteiger partial charge in [0.05, 0.1) is 6.42 Å². The van der Waals surface area contributed by atoms with E-state index in [1.807, 2.05) is 27.7 Å². The number of carboxylic acids is 1. The number of carbonyl (C=O) groups excluding carboxylic acids is 2. The number of carboxylic acid groups (broad SMARTS) is 1. The molecule has 0 aromatic rings. The Labute approximate surface area is 120 Å². The second-order valence-corrected chi connectivity index (χ2v) is 5.79. The van der Waals surface area contributed by atoms with Crippen LogP contribution < -0.4 is 10.6 Å². The predicted octanol–water partition coefficient (Wildman–Crippen LogP) is 1.15. The molecule has 1 atom stereocenters. The summed E-state index contributed by atoms with van der Waals surface area (Å²) in [6.07, 6.45) is 0.599. The molecule has 0 saturated heterocycles. The lowest BCUT2D eigenvalue weighted by Gasteiger charge is -2.18. The molecule has 0 aromatic heterocycles. The third kappa shape index (κ3) is 9.35. The minimum Gasteiger partial charge on any atom is -0.481 e. The average Bonchev–Trinajstić information content (AvgIpc) is 2.32. The van der Waals surface area contributed by atoms with Gasteiger partial charge in [-0.15, -0.1) is 0 Å². The molecular weight excluding hydrogens is 260 g/mol. The van der Waals surface area contributed by atoms with Crippen LogP contribution in [-0.4, -0.2) is 35.5 Å². The molecule has 6 heteroatoms. The molecule has 20 heavy (non-hydrogen) atoms. The van der Waals surface area contributed by atoms with Gasteiger partial charge in [-0.05, 0) is 18.3 Å². The number of hydrogen-bond acceptors (Lipinski definition) is 3. The molecule has 116 valence electrons. The molecule has 0 aliphatic rings. The summed E-state index contributed by atoms with van der Waals surface area (Å²) in [6, 6.07) is -1.01. The summed E-state index contributed by atoms with van der Waals surface area (Å²) < 4.78 is 0. The zero-order chi connectivity index (χ0) is 15.7. The fraction of sp³-hybridized carbons (Fsp3) is 0.786. The van der Waals surface area contributed by atoms with Crippen molar-refractivity contribution in [1.29, 1.82) is 0 Å². The van der Waals surface area contributed by atoms with Crippen LogP contribution in [0.5, 0.6) is 0 Å². The van der Waals surface area contributed by atoms with Crippen LogP contribution in [0.4, 0.5) is 0 Å². The van der Waals surface area contributed by atoms with Crippen molar-refractivity contribution in [3.63, 3.8) is 0 Å².